The van der Waals surface area contributed by atoms with Crippen molar-refractivity contribution in [2.75, 3.05) is 26.2 Å². The molecule has 1 aromatic heterocycles. The lowest BCUT2D eigenvalue weighted by molar-refractivity contribution is 0.00831. The van der Waals surface area contributed by atoms with Gasteiger partial charge in [0, 0.05) is 25.4 Å². The number of halogens is 1. The van der Waals surface area contributed by atoms with Gasteiger partial charge in [-0.25, -0.2) is 0 Å². The Morgan fingerprint density at radius 3 is 2.56 bits per heavy atom. The van der Waals surface area contributed by atoms with E-state index >= 15 is 0 Å². The molecule has 3 rings (SSSR count). The number of ether oxygens (including phenoxy) is 1. The first-order valence-electron chi connectivity index (χ1n) is 8.63. The molecule has 1 amide bonds. The molecule has 1 aliphatic rings. The summed E-state index contributed by atoms with van der Waals surface area (Å²) in [5, 5.41) is 0. The highest BCUT2D eigenvalue weighted by Crippen LogP contribution is 2.20. The largest absolute Gasteiger partial charge is 0.378 e. The van der Waals surface area contributed by atoms with Crippen LogP contribution in [0.2, 0.25) is 0 Å². The second kappa shape index (κ2) is 9.61. The fourth-order valence-electron chi connectivity index (χ4n) is 3.04. The van der Waals surface area contributed by atoms with Crippen LogP contribution in [0, 0.1) is 0 Å². The van der Waals surface area contributed by atoms with Gasteiger partial charge in [0.1, 0.15) is 5.69 Å². The quantitative estimate of drug-likeness (QED) is 0.775. The summed E-state index contributed by atoms with van der Waals surface area (Å²) < 4.78 is 5.79. The number of nitrogens with two attached hydrogens (primary N) is 1. The second-order valence-corrected chi connectivity index (χ2v) is 6.16. The van der Waals surface area contributed by atoms with Crippen LogP contribution in [-0.4, -0.2) is 48.1 Å². The van der Waals surface area contributed by atoms with Crippen molar-refractivity contribution < 1.29 is 9.53 Å². The molecule has 0 bridgehead atoms. The molecule has 1 aliphatic heterocycles. The van der Waals surface area contributed by atoms with Gasteiger partial charge in [0.05, 0.1) is 6.10 Å². The van der Waals surface area contributed by atoms with E-state index in [9.17, 15) is 4.79 Å². The molecule has 1 aromatic carbocycles. The maximum Gasteiger partial charge on any atom is 0.270 e. The molecule has 3 N–H and O–H groups in total. The van der Waals surface area contributed by atoms with E-state index in [4.69, 9.17) is 10.5 Å². The van der Waals surface area contributed by atoms with Gasteiger partial charge in [0.15, 0.2) is 0 Å². The Morgan fingerprint density at radius 2 is 1.88 bits per heavy atom. The fourth-order valence-corrected chi connectivity index (χ4v) is 3.04. The van der Waals surface area contributed by atoms with Crippen molar-refractivity contribution in [3.63, 3.8) is 0 Å². The van der Waals surface area contributed by atoms with Crippen LogP contribution in [0.15, 0.2) is 42.5 Å². The van der Waals surface area contributed by atoms with Crippen LogP contribution in [0.4, 0.5) is 0 Å². The molecule has 2 aromatic rings. The Hall–Kier alpha value is -1.82. The summed E-state index contributed by atoms with van der Waals surface area (Å²) >= 11 is 0. The van der Waals surface area contributed by atoms with E-state index in [2.05, 4.69) is 4.98 Å². The van der Waals surface area contributed by atoms with Crippen molar-refractivity contribution in [3.05, 3.63) is 48.2 Å². The lowest BCUT2D eigenvalue weighted by Crippen LogP contribution is -2.41. The Morgan fingerprint density at radius 1 is 1.16 bits per heavy atom. The molecule has 0 spiro atoms. The Balaban J connectivity index is 0.00000225. The third-order valence-corrected chi connectivity index (χ3v) is 4.43. The molecule has 2 heterocycles. The number of H-pyrrole nitrogens is 1. The Kier molecular flexibility index (Phi) is 7.50. The van der Waals surface area contributed by atoms with Crippen molar-refractivity contribution in [2.45, 2.75) is 25.4 Å². The topological polar surface area (TPSA) is 71.3 Å². The minimum atomic E-state index is 0. The van der Waals surface area contributed by atoms with Gasteiger partial charge in [-0.2, -0.15) is 0 Å². The van der Waals surface area contributed by atoms with Gasteiger partial charge in [-0.05, 0) is 43.5 Å². The number of aromatic nitrogens is 1. The normalized spacial score (nSPS) is 15.0. The van der Waals surface area contributed by atoms with Crippen molar-refractivity contribution in [3.8, 4) is 11.3 Å². The van der Waals surface area contributed by atoms with Gasteiger partial charge < -0.3 is 20.4 Å². The third-order valence-electron chi connectivity index (χ3n) is 4.43. The van der Waals surface area contributed by atoms with E-state index in [-0.39, 0.29) is 24.4 Å². The number of likely N-dealkylation sites (tertiary alicyclic amines) is 1. The zero-order valence-corrected chi connectivity index (χ0v) is 15.1. The van der Waals surface area contributed by atoms with Crippen molar-refractivity contribution in [1.29, 1.82) is 0 Å². The molecular weight excluding hydrogens is 338 g/mol. The molecule has 0 atom stereocenters. The highest BCUT2D eigenvalue weighted by molar-refractivity contribution is 5.93. The first kappa shape index (κ1) is 19.5. The fraction of sp³-hybridized carbons (Fsp3) is 0.421. The minimum absolute atomic E-state index is 0. The van der Waals surface area contributed by atoms with Crippen LogP contribution in [0.25, 0.3) is 11.3 Å². The van der Waals surface area contributed by atoms with Gasteiger partial charge in [-0.15, -0.1) is 12.4 Å². The number of hydrogen-bond acceptors (Lipinski definition) is 3. The molecule has 5 nitrogen and oxygen atoms in total. The van der Waals surface area contributed by atoms with Crippen LogP contribution < -0.4 is 5.73 Å². The maximum atomic E-state index is 12.6. The minimum Gasteiger partial charge on any atom is -0.378 e. The van der Waals surface area contributed by atoms with E-state index in [0.717, 1.165) is 43.6 Å². The van der Waals surface area contributed by atoms with Gasteiger partial charge in [0.25, 0.3) is 5.91 Å². The lowest BCUT2D eigenvalue weighted by atomic mass is 10.1. The molecule has 25 heavy (non-hydrogen) atoms. The van der Waals surface area contributed by atoms with Crippen molar-refractivity contribution in [1.82, 2.24) is 9.88 Å². The summed E-state index contributed by atoms with van der Waals surface area (Å²) in [7, 11) is 0. The molecule has 0 aliphatic carbocycles. The van der Waals surface area contributed by atoms with Crippen LogP contribution in [0.1, 0.15) is 29.8 Å². The van der Waals surface area contributed by atoms with Crippen LogP contribution in [0.5, 0.6) is 0 Å². The molecule has 0 radical (unpaired) electrons. The summed E-state index contributed by atoms with van der Waals surface area (Å²) in [6.07, 6.45) is 2.93. The average Bonchev–Trinajstić information content (AvgIpc) is 3.13. The highest BCUT2D eigenvalue weighted by Gasteiger charge is 2.24. The number of nitrogens with one attached hydrogen (secondary N) is 1. The molecule has 6 heteroatoms. The smallest absolute Gasteiger partial charge is 0.270 e. The molecule has 0 saturated carbocycles. The van der Waals surface area contributed by atoms with Crippen molar-refractivity contribution >= 4 is 18.3 Å². The van der Waals surface area contributed by atoms with Crippen LogP contribution in [0.3, 0.4) is 0 Å². The molecule has 1 fully saturated rings. The number of carbonyl (C=O) groups excluding carboxylic acids is 1. The maximum absolute atomic E-state index is 12.6. The number of amides is 1. The molecule has 136 valence electrons. The van der Waals surface area contributed by atoms with Crippen LogP contribution in [-0.2, 0) is 4.74 Å². The Bertz CT molecular complexity index is 652. The van der Waals surface area contributed by atoms with E-state index < -0.39 is 0 Å². The van der Waals surface area contributed by atoms with E-state index in [1.807, 2.05) is 47.4 Å². The number of carbonyl (C=O) groups is 1. The Labute approximate surface area is 155 Å². The van der Waals surface area contributed by atoms with Gasteiger partial charge >= 0.3 is 0 Å². The first-order valence-corrected chi connectivity index (χ1v) is 8.63. The lowest BCUT2D eigenvalue weighted by Gasteiger charge is -2.31. The average molecular weight is 364 g/mol. The number of hydrogen-bond donors (Lipinski definition) is 2. The summed E-state index contributed by atoms with van der Waals surface area (Å²) in [6.45, 7) is 2.86. The molecular formula is C19H26ClN3O2. The summed E-state index contributed by atoms with van der Waals surface area (Å²) in [5.41, 5.74) is 8.19. The zero-order valence-electron chi connectivity index (χ0n) is 14.3. The number of piperidine rings is 1. The number of benzene rings is 1. The molecule has 1 saturated heterocycles. The number of rotatable bonds is 6. The molecule has 0 unspecified atom stereocenters. The third kappa shape index (κ3) is 5.08. The standard InChI is InChI=1S/C19H25N3O2.ClH/c20-11-4-14-24-16-9-12-22(13-10-16)19(23)18-8-7-17(21-18)15-5-2-1-3-6-15;/h1-3,5-8,16,21H,4,9-14,20H2;1H. The monoisotopic (exact) mass is 363 g/mol. The highest BCUT2D eigenvalue weighted by atomic mass is 35.5. The number of nitrogens with zero attached hydrogens (tertiary/aromatic N) is 1. The van der Waals surface area contributed by atoms with Crippen LogP contribution >= 0.6 is 12.4 Å². The van der Waals surface area contributed by atoms with Gasteiger partial charge in [0.2, 0.25) is 0 Å². The number of aromatic amines is 1. The summed E-state index contributed by atoms with van der Waals surface area (Å²) in [5.74, 6) is 0.0672. The van der Waals surface area contributed by atoms with E-state index in [0.29, 0.717) is 18.8 Å². The van der Waals surface area contributed by atoms with Gasteiger partial charge in [-0.1, -0.05) is 30.3 Å². The first-order chi connectivity index (χ1) is 11.8. The van der Waals surface area contributed by atoms with Crippen molar-refractivity contribution in [2.24, 2.45) is 5.73 Å². The van der Waals surface area contributed by atoms with Gasteiger partial charge in [-0.3, -0.25) is 4.79 Å². The predicted octanol–water partition coefficient (Wildman–Crippen LogP) is 3.07. The summed E-state index contributed by atoms with van der Waals surface area (Å²) in [4.78, 5) is 17.8. The van der Waals surface area contributed by atoms with E-state index in [1.165, 1.54) is 0 Å². The van der Waals surface area contributed by atoms with E-state index in [1.54, 1.807) is 0 Å². The summed E-state index contributed by atoms with van der Waals surface area (Å²) in [6, 6.07) is 13.9. The predicted molar refractivity (Wildman–Crippen MR) is 102 cm³/mol. The second-order valence-electron chi connectivity index (χ2n) is 6.16. The zero-order chi connectivity index (χ0) is 16.8. The SMILES string of the molecule is Cl.NCCCOC1CCN(C(=O)c2ccc(-c3ccccc3)[nH]2)CC1.